The van der Waals surface area contributed by atoms with Crippen LogP contribution in [0.25, 0.3) is 10.8 Å². The molecule has 0 atom stereocenters. The number of rotatable bonds is 3. The van der Waals surface area contributed by atoms with Gasteiger partial charge >= 0.3 is 0 Å². The monoisotopic (exact) mass is 262 g/mol. The molecule has 0 radical (unpaired) electrons. The summed E-state index contributed by atoms with van der Waals surface area (Å²) < 4.78 is 0.914. The minimum atomic E-state index is 0.682. The van der Waals surface area contributed by atoms with Crippen LogP contribution < -0.4 is 5.32 Å². The topological polar surface area (TPSA) is 24.9 Å². The average Bonchev–Trinajstić information content (AvgIpc) is 2.26. The van der Waals surface area contributed by atoms with Gasteiger partial charge in [0.25, 0.3) is 0 Å². The van der Waals surface area contributed by atoms with Crippen molar-refractivity contribution in [3.8, 4) is 0 Å². The molecule has 0 saturated heterocycles. The van der Waals surface area contributed by atoms with E-state index < -0.39 is 0 Å². The first-order valence-electron chi connectivity index (χ1n) is 4.68. The molecule has 15 heavy (non-hydrogen) atoms. The number of nitrogens with one attached hydrogen (secondary N) is 1. The van der Waals surface area contributed by atoms with Crippen LogP contribution >= 0.6 is 15.9 Å². The van der Waals surface area contributed by atoms with Crippen molar-refractivity contribution in [1.82, 2.24) is 4.98 Å². The van der Waals surface area contributed by atoms with Gasteiger partial charge in [-0.1, -0.05) is 46.8 Å². The maximum absolute atomic E-state index is 4.31. The second-order valence-electron chi connectivity index (χ2n) is 3.25. The summed E-state index contributed by atoms with van der Waals surface area (Å²) in [6.45, 7) is 4.46. The lowest BCUT2D eigenvalue weighted by Crippen LogP contribution is -2.02. The van der Waals surface area contributed by atoms with Gasteiger partial charge in [0.1, 0.15) is 5.82 Å². The van der Waals surface area contributed by atoms with Crippen molar-refractivity contribution >= 4 is 32.5 Å². The van der Waals surface area contributed by atoms with Crippen LogP contribution in [0.4, 0.5) is 5.82 Å². The summed E-state index contributed by atoms with van der Waals surface area (Å²) in [7, 11) is 0. The van der Waals surface area contributed by atoms with E-state index in [-0.39, 0.29) is 0 Å². The molecule has 3 heteroatoms. The van der Waals surface area contributed by atoms with E-state index in [0.717, 1.165) is 15.7 Å². The van der Waals surface area contributed by atoms with Crippen molar-refractivity contribution in [2.24, 2.45) is 0 Å². The van der Waals surface area contributed by atoms with Crippen molar-refractivity contribution in [2.45, 2.75) is 0 Å². The fourth-order valence-electron chi connectivity index (χ4n) is 1.44. The van der Waals surface area contributed by atoms with E-state index in [0.29, 0.717) is 6.54 Å². The number of hydrogen-bond acceptors (Lipinski definition) is 2. The molecular weight excluding hydrogens is 252 g/mol. The Morgan fingerprint density at radius 1 is 1.33 bits per heavy atom. The Bertz CT molecular complexity index is 488. The zero-order valence-corrected chi connectivity index (χ0v) is 9.79. The maximum Gasteiger partial charge on any atom is 0.134 e. The first-order chi connectivity index (χ1) is 7.27. The summed E-state index contributed by atoms with van der Waals surface area (Å²) in [4.78, 5) is 4.31. The number of anilines is 1. The Hall–Kier alpha value is -1.35. The molecule has 0 spiro atoms. The van der Waals surface area contributed by atoms with Crippen molar-refractivity contribution in [3.05, 3.63) is 47.6 Å². The standard InChI is InChI=1S/C12H11BrN2/c1-9(13)8-15-12-11-5-3-2-4-10(11)6-7-14-12/h2-7H,1,8H2,(H,14,15). The van der Waals surface area contributed by atoms with Gasteiger partial charge in [0.05, 0.1) is 0 Å². The zero-order chi connectivity index (χ0) is 10.7. The van der Waals surface area contributed by atoms with E-state index in [1.807, 2.05) is 24.4 Å². The molecule has 0 fully saturated rings. The molecule has 2 aromatic rings. The van der Waals surface area contributed by atoms with Crippen LogP contribution in [0.2, 0.25) is 0 Å². The van der Waals surface area contributed by atoms with E-state index in [1.54, 1.807) is 0 Å². The molecule has 1 aromatic carbocycles. The second-order valence-corrected chi connectivity index (χ2v) is 4.37. The van der Waals surface area contributed by atoms with Gasteiger partial charge in [-0.15, -0.1) is 0 Å². The fourth-order valence-corrected chi connectivity index (χ4v) is 1.58. The molecule has 0 saturated carbocycles. The van der Waals surface area contributed by atoms with Crippen LogP contribution in [-0.4, -0.2) is 11.5 Å². The lowest BCUT2D eigenvalue weighted by molar-refractivity contribution is 1.24. The van der Waals surface area contributed by atoms with E-state index in [1.165, 1.54) is 5.39 Å². The molecule has 1 aromatic heterocycles. The number of aromatic nitrogens is 1. The predicted octanol–water partition coefficient (Wildman–Crippen LogP) is 3.56. The summed E-state index contributed by atoms with van der Waals surface area (Å²) in [6.07, 6.45) is 1.81. The highest BCUT2D eigenvalue weighted by Gasteiger charge is 2.00. The molecule has 0 unspecified atom stereocenters. The molecule has 0 aliphatic rings. The van der Waals surface area contributed by atoms with Crippen molar-refractivity contribution < 1.29 is 0 Å². The Morgan fingerprint density at radius 2 is 2.13 bits per heavy atom. The number of halogens is 1. The summed E-state index contributed by atoms with van der Waals surface area (Å²) >= 11 is 3.31. The Balaban J connectivity index is 2.38. The van der Waals surface area contributed by atoms with Gasteiger partial charge in [-0.3, -0.25) is 0 Å². The zero-order valence-electron chi connectivity index (χ0n) is 8.20. The van der Waals surface area contributed by atoms with Crippen molar-refractivity contribution in [1.29, 1.82) is 0 Å². The number of fused-ring (bicyclic) bond motifs is 1. The molecule has 1 N–H and O–H groups in total. The third-order valence-electron chi connectivity index (χ3n) is 2.12. The molecule has 0 amide bonds. The second kappa shape index (κ2) is 4.45. The van der Waals surface area contributed by atoms with Gasteiger partial charge < -0.3 is 5.32 Å². The highest BCUT2D eigenvalue weighted by Crippen LogP contribution is 2.20. The van der Waals surface area contributed by atoms with Crippen molar-refractivity contribution in [2.75, 3.05) is 11.9 Å². The summed E-state index contributed by atoms with van der Waals surface area (Å²) in [5.41, 5.74) is 0. The first kappa shape index (κ1) is 10.2. The number of hydrogen-bond donors (Lipinski definition) is 1. The van der Waals surface area contributed by atoms with Gasteiger partial charge in [-0.2, -0.15) is 0 Å². The van der Waals surface area contributed by atoms with Crippen LogP contribution in [-0.2, 0) is 0 Å². The van der Waals surface area contributed by atoms with Gasteiger partial charge in [0.2, 0.25) is 0 Å². The number of benzene rings is 1. The molecule has 2 rings (SSSR count). The summed E-state index contributed by atoms with van der Waals surface area (Å²) in [5.74, 6) is 0.897. The third kappa shape index (κ3) is 2.36. The van der Waals surface area contributed by atoms with Crippen molar-refractivity contribution in [3.63, 3.8) is 0 Å². The molecule has 0 aliphatic carbocycles. The van der Waals surface area contributed by atoms with Gasteiger partial charge in [-0.25, -0.2) is 4.98 Å². The van der Waals surface area contributed by atoms with Crippen LogP contribution in [0.3, 0.4) is 0 Å². The molecular formula is C12H11BrN2. The number of nitrogens with zero attached hydrogens (tertiary/aromatic N) is 1. The maximum atomic E-state index is 4.31. The smallest absolute Gasteiger partial charge is 0.134 e. The largest absolute Gasteiger partial charge is 0.365 e. The van der Waals surface area contributed by atoms with Gasteiger partial charge in [-0.05, 0) is 11.5 Å². The van der Waals surface area contributed by atoms with Crippen LogP contribution in [0.15, 0.2) is 47.6 Å². The van der Waals surface area contributed by atoms with E-state index in [2.05, 4.69) is 44.9 Å². The van der Waals surface area contributed by atoms with Crippen LogP contribution in [0.5, 0.6) is 0 Å². The lowest BCUT2D eigenvalue weighted by Gasteiger charge is -2.07. The normalized spacial score (nSPS) is 10.2. The Kier molecular flexibility index (Phi) is 3.02. The third-order valence-corrected chi connectivity index (χ3v) is 2.40. The Morgan fingerprint density at radius 3 is 2.93 bits per heavy atom. The minimum absolute atomic E-state index is 0.682. The molecule has 2 nitrogen and oxygen atoms in total. The lowest BCUT2D eigenvalue weighted by atomic mass is 10.1. The molecule has 0 aliphatic heterocycles. The number of pyridine rings is 1. The highest BCUT2D eigenvalue weighted by molar-refractivity contribution is 9.11. The molecule has 76 valence electrons. The van der Waals surface area contributed by atoms with Crippen LogP contribution in [0, 0.1) is 0 Å². The van der Waals surface area contributed by atoms with Gasteiger partial charge in [0.15, 0.2) is 0 Å². The average molecular weight is 263 g/mol. The highest BCUT2D eigenvalue weighted by atomic mass is 79.9. The first-order valence-corrected chi connectivity index (χ1v) is 5.47. The van der Waals surface area contributed by atoms with E-state index >= 15 is 0 Å². The summed E-state index contributed by atoms with van der Waals surface area (Å²) in [6, 6.07) is 10.2. The quantitative estimate of drug-likeness (QED) is 0.915. The van der Waals surface area contributed by atoms with E-state index in [4.69, 9.17) is 0 Å². The minimum Gasteiger partial charge on any atom is -0.365 e. The SMILES string of the molecule is C=C(Br)CNc1nccc2ccccc12. The van der Waals surface area contributed by atoms with Crippen LogP contribution in [0.1, 0.15) is 0 Å². The molecule has 0 bridgehead atoms. The predicted molar refractivity (Wildman–Crippen MR) is 68.3 cm³/mol. The molecule has 1 heterocycles. The van der Waals surface area contributed by atoms with E-state index in [9.17, 15) is 0 Å². The Labute approximate surface area is 97.2 Å². The fraction of sp³-hybridized carbons (Fsp3) is 0.0833. The van der Waals surface area contributed by atoms with Gasteiger partial charge in [0, 0.05) is 22.6 Å². The summed E-state index contributed by atoms with van der Waals surface area (Å²) in [5, 5.41) is 5.55.